The topological polar surface area (TPSA) is 137 Å². The monoisotopic (exact) mass is 580 g/mol. The molecule has 0 saturated carbocycles. The number of anilines is 2. The number of aryl methyl sites for hydroxylation is 1. The van der Waals surface area contributed by atoms with E-state index in [4.69, 9.17) is 0 Å². The van der Waals surface area contributed by atoms with Gasteiger partial charge in [-0.1, -0.05) is 48.5 Å². The Balaban J connectivity index is 1.22. The molecule has 2 aliphatic rings. The van der Waals surface area contributed by atoms with Gasteiger partial charge in [0.2, 0.25) is 5.91 Å². The molecule has 12 heteroatoms. The van der Waals surface area contributed by atoms with Gasteiger partial charge in [-0.15, -0.1) is 10.2 Å². The van der Waals surface area contributed by atoms with E-state index in [1.165, 1.54) is 16.6 Å². The second kappa shape index (κ2) is 11.0. The number of nitrogens with one attached hydrogen (secondary N) is 1. The van der Waals surface area contributed by atoms with Crippen LogP contribution in [0.4, 0.5) is 11.4 Å². The molecule has 4 aromatic rings. The predicted octanol–water partition coefficient (Wildman–Crippen LogP) is 1.93. The molecular weight excluding hydrogens is 548 g/mol. The van der Waals surface area contributed by atoms with Crippen LogP contribution in [0.5, 0.6) is 0 Å². The third-order valence-electron chi connectivity index (χ3n) is 8.06. The molecule has 1 saturated heterocycles. The number of tetrazole rings is 1. The van der Waals surface area contributed by atoms with E-state index in [-0.39, 0.29) is 17.9 Å². The van der Waals surface area contributed by atoms with Crippen LogP contribution in [0.2, 0.25) is 0 Å². The van der Waals surface area contributed by atoms with Gasteiger partial charge in [0.25, 0.3) is 11.8 Å². The first-order valence-electron chi connectivity index (χ1n) is 14.0. The minimum absolute atomic E-state index is 0.181. The zero-order valence-corrected chi connectivity index (χ0v) is 24.1. The van der Waals surface area contributed by atoms with Crippen LogP contribution in [-0.2, 0) is 22.2 Å². The Bertz CT molecular complexity index is 1700. The normalized spacial score (nSPS) is 19.3. The molecule has 3 heterocycles. The average molecular weight is 581 g/mol. The van der Waals surface area contributed by atoms with Crippen molar-refractivity contribution in [1.82, 2.24) is 30.0 Å². The Labute approximate surface area is 248 Å². The van der Waals surface area contributed by atoms with Crippen molar-refractivity contribution in [2.75, 3.05) is 43.4 Å². The van der Waals surface area contributed by atoms with Gasteiger partial charge in [0.15, 0.2) is 11.4 Å². The SMILES string of the molecule is CC(=O)Nc1ccc2c(c1)N(C)C(=O)C2(O)c1cccc(C(=O)N2CCN(C(c3ccccc3)c3nnn(C)n3)CC2)c1. The number of piperazine rings is 1. The van der Waals surface area contributed by atoms with Gasteiger partial charge in [-0.05, 0) is 40.6 Å². The molecule has 220 valence electrons. The van der Waals surface area contributed by atoms with Crippen LogP contribution in [0, 0.1) is 0 Å². The molecule has 0 aliphatic carbocycles. The summed E-state index contributed by atoms with van der Waals surface area (Å²) in [6.45, 7) is 3.55. The zero-order valence-electron chi connectivity index (χ0n) is 24.1. The summed E-state index contributed by atoms with van der Waals surface area (Å²) >= 11 is 0. The molecule has 2 atom stereocenters. The number of carbonyl (C=O) groups excluding carboxylic acids is 3. The number of fused-ring (bicyclic) bond motifs is 1. The number of carbonyl (C=O) groups is 3. The van der Waals surface area contributed by atoms with Gasteiger partial charge in [-0.2, -0.15) is 4.80 Å². The first-order valence-corrected chi connectivity index (χ1v) is 14.0. The lowest BCUT2D eigenvalue weighted by Crippen LogP contribution is -2.50. The number of aliphatic hydroxyl groups is 1. The summed E-state index contributed by atoms with van der Waals surface area (Å²) in [6, 6.07) is 21.3. The van der Waals surface area contributed by atoms with Gasteiger partial charge < -0.3 is 20.2 Å². The van der Waals surface area contributed by atoms with Crippen molar-refractivity contribution in [3.63, 3.8) is 0 Å². The standard InChI is InChI=1S/C31H32N8O4/c1-20(40)32-24-12-13-25-26(19-24)36(2)30(42)31(25,43)23-11-7-10-22(18-23)29(41)39-16-14-38(15-17-39)27(21-8-5-4-6-9-21)28-33-35-37(3)34-28/h4-13,18-19,27,43H,14-17H2,1-3H3,(H,32,40). The maximum atomic E-state index is 13.7. The molecule has 2 N–H and O–H groups in total. The average Bonchev–Trinajstić information content (AvgIpc) is 3.52. The third-order valence-corrected chi connectivity index (χ3v) is 8.06. The highest BCUT2D eigenvalue weighted by Crippen LogP contribution is 2.45. The van der Waals surface area contributed by atoms with Gasteiger partial charge in [0.1, 0.15) is 0 Å². The molecule has 0 radical (unpaired) electrons. The van der Waals surface area contributed by atoms with Crippen molar-refractivity contribution in [1.29, 1.82) is 0 Å². The molecule has 6 rings (SSSR count). The molecule has 1 fully saturated rings. The molecule has 43 heavy (non-hydrogen) atoms. The number of hydrogen-bond acceptors (Lipinski definition) is 8. The largest absolute Gasteiger partial charge is 0.372 e. The lowest BCUT2D eigenvalue weighted by molar-refractivity contribution is -0.131. The number of amides is 3. The highest BCUT2D eigenvalue weighted by molar-refractivity contribution is 6.09. The molecule has 12 nitrogen and oxygen atoms in total. The summed E-state index contributed by atoms with van der Waals surface area (Å²) in [5.41, 5.74) is 1.15. The van der Waals surface area contributed by atoms with E-state index < -0.39 is 11.5 Å². The summed E-state index contributed by atoms with van der Waals surface area (Å²) in [4.78, 5) is 45.5. The molecule has 2 unspecified atom stereocenters. The third kappa shape index (κ3) is 5.04. The maximum Gasteiger partial charge on any atom is 0.268 e. The van der Waals surface area contributed by atoms with Crippen LogP contribution < -0.4 is 10.2 Å². The fraction of sp³-hybridized carbons (Fsp3) is 0.290. The minimum atomic E-state index is -1.97. The maximum absolute atomic E-state index is 13.7. The van der Waals surface area contributed by atoms with Crippen molar-refractivity contribution < 1.29 is 19.5 Å². The van der Waals surface area contributed by atoms with Crippen LogP contribution in [0.15, 0.2) is 72.8 Å². The van der Waals surface area contributed by atoms with E-state index in [1.54, 1.807) is 61.5 Å². The molecule has 3 amide bonds. The van der Waals surface area contributed by atoms with E-state index >= 15 is 0 Å². The summed E-state index contributed by atoms with van der Waals surface area (Å²) in [5.74, 6) is -0.357. The second-order valence-electron chi connectivity index (χ2n) is 10.8. The summed E-state index contributed by atoms with van der Waals surface area (Å²) in [7, 11) is 3.31. The number of hydrogen-bond donors (Lipinski definition) is 2. The Morgan fingerprint density at radius 3 is 2.37 bits per heavy atom. The van der Waals surface area contributed by atoms with Gasteiger partial charge in [0.05, 0.1) is 18.8 Å². The lowest BCUT2D eigenvalue weighted by atomic mass is 9.86. The fourth-order valence-electron chi connectivity index (χ4n) is 5.95. The first-order chi connectivity index (χ1) is 20.7. The first kappa shape index (κ1) is 28.2. The van der Waals surface area contributed by atoms with Crippen LogP contribution in [0.3, 0.4) is 0 Å². The van der Waals surface area contributed by atoms with E-state index in [0.717, 1.165) is 5.56 Å². The summed E-state index contributed by atoms with van der Waals surface area (Å²) in [5, 5.41) is 27.3. The lowest BCUT2D eigenvalue weighted by Gasteiger charge is -2.38. The van der Waals surface area contributed by atoms with Crippen LogP contribution in [0.25, 0.3) is 0 Å². The highest BCUT2D eigenvalue weighted by atomic mass is 16.3. The van der Waals surface area contributed by atoms with Gasteiger partial charge >= 0.3 is 0 Å². The number of aromatic nitrogens is 4. The predicted molar refractivity (Wildman–Crippen MR) is 158 cm³/mol. The molecule has 3 aromatic carbocycles. The molecule has 0 spiro atoms. The van der Waals surface area contributed by atoms with E-state index in [2.05, 4.69) is 25.6 Å². The Morgan fingerprint density at radius 1 is 0.953 bits per heavy atom. The number of benzene rings is 3. The Kier molecular flexibility index (Phi) is 7.24. The van der Waals surface area contributed by atoms with Gasteiger partial charge in [0, 0.05) is 57.0 Å². The zero-order chi connectivity index (χ0) is 30.3. The molecule has 1 aromatic heterocycles. The van der Waals surface area contributed by atoms with Crippen molar-refractivity contribution in [2.24, 2.45) is 7.05 Å². The smallest absolute Gasteiger partial charge is 0.268 e. The molecular formula is C31H32N8O4. The van der Waals surface area contributed by atoms with Crippen LogP contribution in [0.1, 0.15) is 45.8 Å². The number of nitrogens with zero attached hydrogens (tertiary/aromatic N) is 7. The molecule has 2 aliphatic heterocycles. The Hall–Kier alpha value is -4.94. The van der Waals surface area contributed by atoms with Crippen molar-refractivity contribution in [3.8, 4) is 0 Å². The quantitative estimate of drug-likeness (QED) is 0.353. The highest BCUT2D eigenvalue weighted by Gasteiger charge is 2.50. The van der Waals surface area contributed by atoms with Crippen LogP contribution >= 0.6 is 0 Å². The van der Waals surface area contributed by atoms with Gasteiger partial charge in [-0.25, -0.2) is 0 Å². The van der Waals surface area contributed by atoms with Crippen LogP contribution in [-0.4, -0.2) is 86.1 Å². The van der Waals surface area contributed by atoms with Gasteiger partial charge in [-0.3, -0.25) is 19.3 Å². The van der Waals surface area contributed by atoms with E-state index in [1.807, 2.05) is 30.3 Å². The molecule has 0 bridgehead atoms. The van der Waals surface area contributed by atoms with Crippen molar-refractivity contribution in [3.05, 3.63) is 101 Å². The van der Waals surface area contributed by atoms with Crippen molar-refractivity contribution >= 4 is 29.1 Å². The van der Waals surface area contributed by atoms with Crippen molar-refractivity contribution in [2.45, 2.75) is 18.6 Å². The number of likely N-dealkylation sites (N-methyl/N-ethyl adjacent to an activating group) is 1. The van der Waals surface area contributed by atoms with E-state index in [9.17, 15) is 19.5 Å². The fourth-order valence-corrected chi connectivity index (χ4v) is 5.95. The minimum Gasteiger partial charge on any atom is -0.372 e. The summed E-state index contributed by atoms with van der Waals surface area (Å²) in [6.07, 6.45) is 0. The van der Waals surface area contributed by atoms with E-state index in [0.29, 0.717) is 60.1 Å². The Morgan fingerprint density at radius 2 is 1.70 bits per heavy atom. The number of rotatable bonds is 6. The summed E-state index contributed by atoms with van der Waals surface area (Å²) < 4.78 is 0. The second-order valence-corrected chi connectivity index (χ2v) is 10.8.